The summed E-state index contributed by atoms with van der Waals surface area (Å²) in [4.78, 5) is 19.9. The van der Waals surface area contributed by atoms with Crippen LogP contribution in [0.15, 0.2) is 54.7 Å². The second kappa shape index (κ2) is 7.16. The Balaban J connectivity index is 1.90. The number of ketones is 1. The minimum Gasteiger partial charge on any atom is -0.394 e. The molecule has 0 spiro atoms. The lowest BCUT2D eigenvalue weighted by molar-refractivity contribution is 0.101. The van der Waals surface area contributed by atoms with Gasteiger partial charge in [-0.25, -0.2) is 15.2 Å². The minimum atomic E-state index is -0.426. The van der Waals surface area contributed by atoms with Gasteiger partial charge in [0.05, 0.1) is 17.6 Å². The second-order valence-corrected chi connectivity index (χ2v) is 5.58. The number of nitrogens with one attached hydrogen (secondary N) is 1. The summed E-state index contributed by atoms with van der Waals surface area (Å²) in [6.45, 7) is 1.49. The Hall–Kier alpha value is -3.52. The summed E-state index contributed by atoms with van der Waals surface area (Å²) in [5.41, 5.74) is 7.74. The molecule has 0 aliphatic carbocycles. The van der Waals surface area contributed by atoms with E-state index in [1.54, 1.807) is 30.3 Å². The van der Waals surface area contributed by atoms with Gasteiger partial charge in [-0.2, -0.15) is 4.98 Å². The molecule has 0 saturated carbocycles. The number of nitrogens with two attached hydrogens (primary N) is 2. The number of hydrazine groups is 1. The van der Waals surface area contributed by atoms with E-state index in [4.69, 9.17) is 11.6 Å². The number of hydrogen-bond acceptors (Lipinski definition) is 7. The third-order valence-corrected chi connectivity index (χ3v) is 3.64. The van der Waals surface area contributed by atoms with E-state index in [1.165, 1.54) is 36.3 Å². The van der Waals surface area contributed by atoms with E-state index in [-0.39, 0.29) is 23.2 Å². The molecular weight excluding hydrogens is 335 g/mol. The summed E-state index contributed by atoms with van der Waals surface area (Å²) >= 11 is 0. The van der Waals surface area contributed by atoms with Gasteiger partial charge in [0.15, 0.2) is 11.6 Å². The van der Waals surface area contributed by atoms with E-state index in [0.717, 1.165) is 0 Å². The monoisotopic (exact) mass is 352 g/mol. The molecule has 0 aliphatic heterocycles. The highest BCUT2D eigenvalue weighted by Gasteiger charge is 2.13. The van der Waals surface area contributed by atoms with Gasteiger partial charge in [0.2, 0.25) is 5.95 Å². The predicted molar refractivity (Wildman–Crippen MR) is 98.9 cm³/mol. The first-order valence-corrected chi connectivity index (χ1v) is 7.75. The molecule has 0 unspecified atom stereocenters. The molecule has 5 N–H and O–H groups in total. The van der Waals surface area contributed by atoms with Crippen molar-refractivity contribution in [1.29, 1.82) is 0 Å². The average molecular weight is 352 g/mol. The second-order valence-electron chi connectivity index (χ2n) is 5.58. The number of nitrogen functional groups attached to an aromatic ring is 1. The van der Waals surface area contributed by atoms with Crippen molar-refractivity contribution in [3.63, 3.8) is 0 Å². The molecule has 132 valence electrons. The zero-order chi connectivity index (χ0) is 18.7. The summed E-state index contributed by atoms with van der Waals surface area (Å²) in [5, 5.41) is 4.18. The van der Waals surface area contributed by atoms with E-state index in [9.17, 15) is 9.18 Å². The lowest BCUT2D eigenvalue weighted by Gasteiger charge is -2.19. The highest BCUT2D eigenvalue weighted by Crippen LogP contribution is 2.27. The van der Waals surface area contributed by atoms with Crippen LogP contribution in [0, 0.1) is 5.82 Å². The molecular formula is C18H17FN6O. The Morgan fingerprint density at radius 1 is 1.19 bits per heavy atom. The largest absolute Gasteiger partial charge is 0.394 e. The van der Waals surface area contributed by atoms with Crippen molar-refractivity contribution >= 4 is 34.6 Å². The number of benzene rings is 2. The molecule has 0 saturated heterocycles. The summed E-state index contributed by atoms with van der Waals surface area (Å²) in [7, 11) is 0. The van der Waals surface area contributed by atoms with Crippen molar-refractivity contribution in [1.82, 2.24) is 9.97 Å². The summed E-state index contributed by atoms with van der Waals surface area (Å²) in [6.07, 6.45) is 1.40. The van der Waals surface area contributed by atoms with Crippen molar-refractivity contribution in [3.05, 3.63) is 66.1 Å². The first-order valence-electron chi connectivity index (χ1n) is 7.75. The number of carbonyl (C=O) groups excluding carboxylic acids is 1. The van der Waals surface area contributed by atoms with Crippen LogP contribution in [0.1, 0.15) is 17.3 Å². The van der Waals surface area contributed by atoms with E-state index in [0.29, 0.717) is 16.9 Å². The number of halogens is 1. The maximum Gasteiger partial charge on any atom is 0.229 e. The summed E-state index contributed by atoms with van der Waals surface area (Å²) in [6, 6.07) is 12.7. The minimum absolute atomic E-state index is 0.0493. The van der Waals surface area contributed by atoms with Crippen LogP contribution in [-0.2, 0) is 0 Å². The maximum atomic E-state index is 13.4. The SMILES string of the molecule is CC(=O)c1cccc(Nc2ncc(N)c(N(N)c3cccc(F)c3)n2)c1. The molecule has 0 amide bonds. The molecule has 26 heavy (non-hydrogen) atoms. The molecule has 7 nitrogen and oxygen atoms in total. The van der Waals surface area contributed by atoms with Crippen molar-refractivity contribution < 1.29 is 9.18 Å². The van der Waals surface area contributed by atoms with Crippen molar-refractivity contribution in [3.8, 4) is 0 Å². The van der Waals surface area contributed by atoms with Crippen LogP contribution in [0.3, 0.4) is 0 Å². The maximum absolute atomic E-state index is 13.4. The summed E-state index contributed by atoms with van der Waals surface area (Å²) in [5.74, 6) is 6.02. The van der Waals surface area contributed by atoms with Crippen LogP contribution < -0.4 is 21.9 Å². The fourth-order valence-corrected chi connectivity index (χ4v) is 2.33. The number of aromatic nitrogens is 2. The standard InChI is InChI=1S/C18H17FN6O/c1-11(26)12-4-2-6-14(8-12)23-18-22-10-16(20)17(24-18)25(21)15-7-3-5-13(19)9-15/h2-10H,20-21H2,1H3,(H,22,23,24). The molecule has 0 aliphatic rings. The van der Waals surface area contributed by atoms with Crippen LogP contribution >= 0.6 is 0 Å². The number of hydrogen-bond donors (Lipinski definition) is 3. The summed E-state index contributed by atoms with van der Waals surface area (Å²) < 4.78 is 13.4. The lowest BCUT2D eigenvalue weighted by atomic mass is 10.1. The van der Waals surface area contributed by atoms with Gasteiger partial charge in [0, 0.05) is 11.3 Å². The quantitative estimate of drug-likeness (QED) is 0.367. The van der Waals surface area contributed by atoms with Crippen molar-refractivity contribution in [2.24, 2.45) is 5.84 Å². The molecule has 1 heterocycles. The Labute approximate surface area is 149 Å². The van der Waals surface area contributed by atoms with Crippen LogP contribution in [0.25, 0.3) is 0 Å². The van der Waals surface area contributed by atoms with Gasteiger partial charge in [0.25, 0.3) is 0 Å². The normalized spacial score (nSPS) is 10.4. The number of rotatable bonds is 5. The van der Waals surface area contributed by atoms with E-state index < -0.39 is 5.82 Å². The highest BCUT2D eigenvalue weighted by atomic mass is 19.1. The van der Waals surface area contributed by atoms with Crippen LogP contribution in [0.2, 0.25) is 0 Å². The van der Waals surface area contributed by atoms with Gasteiger partial charge in [-0.15, -0.1) is 0 Å². The van der Waals surface area contributed by atoms with E-state index in [2.05, 4.69) is 15.3 Å². The van der Waals surface area contributed by atoms with Gasteiger partial charge < -0.3 is 11.1 Å². The number of anilines is 5. The van der Waals surface area contributed by atoms with Gasteiger partial charge >= 0.3 is 0 Å². The molecule has 1 aromatic heterocycles. The highest BCUT2D eigenvalue weighted by molar-refractivity contribution is 5.95. The van der Waals surface area contributed by atoms with Gasteiger partial charge in [0.1, 0.15) is 5.82 Å². The first-order chi connectivity index (χ1) is 12.4. The fourth-order valence-electron chi connectivity index (χ4n) is 2.33. The van der Waals surface area contributed by atoms with Crippen molar-refractivity contribution in [2.45, 2.75) is 6.92 Å². The zero-order valence-corrected chi connectivity index (χ0v) is 14.0. The Kier molecular flexibility index (Phi) is 4.76. The van der Waals surface area contributed by atoms with Gasteiger partial charge in [-0.05, 0) is 37.3 Å². The number of Topliss-reactive ketones (excluding diaryl/α,β-unsaturated/α-hetero) is 1. The first kappa shape index (κ1) is 17.3. The Bertz CT molecular complexity index is 962. The third kappa shape index (κ3) is 3.76. The van der Waals surface area contributed by atoms with Crippen LogP contribution in [0.5, 0.6) is 0 Å². The molecule has 3 rings (SSSR count). The van der Waals surface area contributed by atoms with Crippen molar-refractivity contribution in [2.75, 3.05) is 16.1 Å². The van der Waals surface area contributed by atoms with E-state index >= 15 is 0 Å². The average Bonchev–Trinajstić information content (AvgIpc) is 2.63. The number of nitrogens with zero attached hydrogens (tertiary/aromatic N) is 3. The smallest absolute Gasteiger partial charge is 0.229 e. The van der Waals surface area contributed by atoms with Gasteiger partial charge in [-0.3, -0.25) is 9.80 Å². The Morgan fingerprint density at radius 3 is 2.69 bits per heavy atom. The molecule has 0 fully saturated rings. The molecule has 3 aromatic rings. The van der Waals surface area contributed by atoms with Gasteiger partial charge in [-0.1, -0.05) is 18.2 Å². The van der Waals surface area contributed by atoms with Crippen LogP contribution in [-0.4, -0.2) is 15.8 Å². The number of carbonyl (C=O) groups is 1. The zero-order valence-electron chi connectivity index (χ0n) is 14.0. The molecule has 0 bridgehead atoms. The molecule has 2 aromatic carbocycles. The molecule has 0 atom stereocenters. The third-order valence-electron chi connectivity index (χ3n) is 3.64. The van der Waals surface area contributed by atoms with E-state index in [1.807, 2.05) is 0 Å². The topological polar surface area (TPSA) is 110 Å². The Morgan fingerprint density at radius 2 is 1.96 bits per heavy atom. The predicted octanol–water partition coefficient (Wildman–Crippen LogP) is 3.16. The fraction of sp³-hybridized carbons (Fsp3) is 0.0556. The molecule has 8 heteroatoms. The molecule has 0 radical (unpaired) electrons. The lowest BCUT2D eigenvalue weighted by Crippen LogP contribution is -2.27. The van der Waals surface area contributed by atoms with Crippen LogP contribution in [0.4, 0.5) is 33.2 Å².